The summed E-state index contributed by atoms with van der Waals surface area (Å²) >= 11 is 0. The minimum atomic E-state index is -0.654. The summed E-state index contributed by atoms with van der Waals surface area (Å²) in [6, 6.07) is 3.80. The Balaban J connectivity index is 2.07. The molecule has 2 rings (SSSR count). The van der Waals surface area contributed by atoms with Gasteiger partial charge in [-0.05, 0) is 36.8 Å². The molecular weight excluding hydrogens is 210 g/mol. The molecule has 0 aromatic heterocycles. The molecule has 1 aliphatic carbocycles. The number of rotatable bonds is 4. The molecule has 0 saturated heterocycles. The van der Waals surface area contributed by atoms with Crippen molar-refractivity contribution >= 4 is 0 Å². The molecular formula is C13H16F2O. The van der Waals surface area contributed by atoms with Crippen molar-refractivity contribution < 1.29 is 13.9 Å². The lowest BCUT2D eigenvalue weighted by Crippen LogP contribution is -2.23. The summed E-state index contributed by atoms with van der Waals surface area (Å²) in [5.41, 5.74) is 0.00231. The van der Waals surface area contributed by atoms with Gasteiger partial charge in [0.2, 0.25) is 0 Å². The molecule has 1 N–H and O–H groups in total. The second-order valence-corrected chi connectivity index (χ2v) is 4.67. The van der Waals surface area contributed by atoms with Crippen molar-refractivity contribution in [2.45, 2.75) is 32.3 Å². The largest absolute Gasteiger partial charge is 0.392 e. The topological polar surface area (TPSA) is 20.2 Å². The van der Waals surface area contributed by atoms with E-state index in [1.165, 1.54) is 18.2 Å². The van der Waals surface area contributed by atoms with Gasteiger partial charge in [-0.3, -0.25) is 0 Å². The van der Waals surface area contributed by atoms with E-state index >= 15 is 0 Å². The number of hydrogen-bond acceptors (Lipinski definition) is 1. The third-order valence-corrected chi connectivity index (χ3v) is 3.45. The Hall–Kier alpha value is -0.960. The Labute approximate surface area is 94.1 Å². The number of aliphatic hydroxyl groups excluding tert-OH is 1. The van der Waals surface area contributed by atoms with Crippen molar-refractivity contribution in [3.63, 3.8) is 0 Å². The molecule has 1 saturated carbocycles. The van der Waals surface area contributed by atoms with Gasteiger partial charge >= 0.3 is 0 Å². The van der Waals surface area contributed by atoms with E-state index in [0.29, 0.717) is 5.92 Å². The normalized spacial score (nSPS) is 19.5. The SMILES string of the molecule is CC(C(O)Cc1c(F)cccc1F)C1CC1. The number of aliphatic hydroxyl groups is 1. The summed E-state index contributed by atoms with van der Waals surface area (Å²) in [5.74, 6) is -0.479. The molecule has 1 aromatic carbocycles. The van der Waals surface area contributed by atoms with Gasteiger partial charge < -0.3 is 5.11 Å². The molecule has 88 valence electrons. The summed E-state index contributed by atoms with van der Waals surface area (Å²) in [7, 11) is 0. The minimum absolute atomic E-state index is 0.00231. The molecule has 0 radical (unpaired) electrons. The molecule has 2 unspecified atom stereocenters. The first-order chi connectivity index (χ1) is 7.59. The standard InChI is InChI=1S/C13H16F2O/c1-8(9-5-6-9)13(16)7-10-11(14)3-2-4-12(10)15/h2-4,8-9,13,16H,5-7H2,1H3. The van der Waals surface area contributed by atoms with Crippen LogP contribution >= 0.6 is 0 Å². The number of halogens is 2. The van der Waals surface area contributed by atoms with E-state index in [-0.39, 0.29) is 17.9 Å². The second-order valence-electron chi connectivity index (χ2n) is 4.67. The zero-order valence-electron chi connectivity index (χ0n) is 9.29. The van der Waals surface area contributed by atoms with Gasteiger partial charge in [-0.2, -0.15) is 0 Å². The van der Waals surface area contributed by atoms with Crippen molar-refractivity contribution in [2.24, 2.45) is 11.8 Å². The lowest BCUT2D eigenvalue weighted by atomic mass is 9.93. The highest BCUT2D eigenvalue weighted by Gasteiger charge is 2.33. The highest BCUT2D eigenvalue weighted by Crippen LogP contribution is 2.39. The number of hydrogen-bond donors (Lipinski definition) is 1. The molecule has 1 nitrogen and oxygen atoms in total. The number of benzene rings is 1. The fraction of sp³-hybridized carbons (Fsp3) is 0.538. The Morgan fingerprint density at radius 3 is 2.38 bits per heavy atom. The first-order valence-corrected chi connectivity index (χ1v) is 5.70. The molecule has 0 aliphatic heterocycles. The summed E-state index contributed by atoms with van der Waals surface area (Å²) in [6.45, 7) is 1.95. The van der Waals surface area contributed by atoms with Crippen molar-refractivity contribution in [3.05, 3.63) is 35.4 Å². The molecule has 0 amide bonds. The smallest absolute Gasteiger partial charge is 0.129 e. The van der Waals surface area contributed by atoms with Crippen LogP contribution in [0.15, 0.2) is 18.2 Å². The summed E-state index contributed by atoms with van der Waals surface area (Å²) in [6.07, 6.45) is 1.66. The van der Waals surface area contributed by atoms with Gasteiger partial charge in [0.05, 0.1) is 6.10 Å². The van der Waals surface area contributed by atoms with E-state index in [0.717, 1.165) is 12.8 Å². The lowest BCUT2D eigenvalue weighted by molar-refractivity contribution is 0.103. The molecule has 1 fully saturated rings. The third-order valence-electron chi connectivity index (χ3n) is 3.45. The van der Waals surface area contributed by atoms with Crippen LogP contribution in [0, 0.1) is 23.5 Å². The third kappa shape index (κ3) is 2.40. The summed E-state index contributed by atoms with van der Waals surface area (Å²) < 4.78 is 26.7. The maximum Gasteiger partial charge on any atom is 0.129 e. The quantitative estimate of drug-likeness (QED) is 0.837. The van der Waals surface area contributed by atoms with Crippen LogP contribution in [-0.4, -0.2) is 11.2 Å². The van der Waals surface area contributed by atoms with Crippen molar-refractivity contribution in [3.8, 4) is 0 Å². The van der Waals surface area contributed by atoms with Crippen molar-refractivity contribution in [2.75, 3.05) is 0 Å². The van der Waals surface area contributed by atoms with Crippen LogP contribution in [0.3, 0.4) is 0 Å². The predicted octanol–water partition coefficient (Wildman–Crippen LogP) is 2.91. The monoisotopic (exact) mass is 226 g/mol. The zero-order chi connectivity index (χ0) is 11.7. The molecule has 2 atom stereocenters. The van der Waals surface area contributed by atoms with Gasteiger partial charge in [0, 0.05) is 12.0 Å². The molecule has 0 heterocycles. The van der Waals surface area contributed by atoms with Crippen LogP contribution in [0.5, 0.6) is 0 Å². The van der Waals surface area contributed by atoms with Crippen molar-refractivity contribution in [1.82, 2.24) is 0 Å². The Kier molecular flexibility index (Phi) is 3.24. The fourth-order valence-corrected chi connectivity index (χ4v) is 2.06. The Morgan fingerprint density at radius 2 is 1.88 bits per heavy atom. The van der Waals surface area contributed by atoms with Crippen LogP contribution in [0.1, 0.15) is 25.3 Å². The zero-order valence-corrected chi connectivity index (χ0v) is 9.29. The van der Waals surface area contributed by atoms with Crippen LogP contribution in [-0.2, 0) is 6.42 Å². The van der Waals surface area contributed by atoms with Crippen LogP contribution in [0.2, 0.25) is 0 Å². The predicted molar refractivity (Wildman–Crippen MR) is 58.0 cm³/mol. The molecule has 0 spiro atoms. The summed E-state index contributed by atoms with van der Waals surface area (Å²) in [5, 5.41) is 9.90. The van der Waals surface area contributed by atoms with E-state index in [1.807, 2.05) is 6.92 Å². The highest BCUT2D eigenvalue weighted by atomic mass is 19.1. The molecule has 1 aliphatic rings. The molecule has 1 aromatic rings. The van der Waals surface area contributed by atoms with Crippen LogP contribution in [0.25, 0.3) is 0 Å². The van der Waals surface area contributed by atoms with E-state index < -0.39 is 17.7 Å². The first kappa shape index (κ1) is 11.5. The molecule has 3 heteroatoms. The fourth-order valence-electron chi connectivity index (χ4n) is 2.06. The first-order valence-electron chi connectivity index (χ1n) is 5.70. The highest BCUT2D eigenvalue weighted by molar-refractivity contribution is 5.20. The summed E-state index contributed by atoms with van der Waals surface area (Å²) in [4.78, 5) is 0. The molecule has 0 bridgehead atoms. The Morgan fingerprint density at radius 1 is 1.31 bits per heavy atom. The van der Waals surface area contributed by atoms with E-state index in [4.69, 9.17) is 0 Å². The van der Waals surface area contributed by atoms with Gasteiger partial charge in [-0.15, -0.1) is 0 Å². The van der Waals surface area contributed by atoms with Gasteiger partial charge in [-0.25, -0.2) is 8.78 Å². The van der Waals surface area contributed by atoms with Gasteiger partial charge in [0.1, 0.15) is 11.6 Å². The molecule has 16 heavy (non-hydrogen) atoms. The van der Waals surface area contributed by atoms with Crippen LogP contribution in [0.4, 0.5) is 8.78 Å². The maximum absolute atomic E-state index is 13.3. The van der Waals surface area contributed by atoms with Gasteiger partial charge in [-0.1, -0.05) is 13.0 Å². The lowest BCUT2D eigenvalue weighted by Gasteiger charge is -2.18. The van der Waals surface area contributed by atoms with Gasteiger partial charge in [0.25, 0.3) is 0 Å². The van der Waals surface area contributed by atoms with Crippen LogP contribution < -0.4 is 0 Å². The van der Waals surface area contributed by atoms with E-state index in [9.17, 15) is 13.9 Å². The van der Waals surface area contributed by atoms with Gasteiger partial charge in [0.15, 0.2) is 0 Å². The average molecular weight is 226 g/mol. The van der Waals surface area contributed by atoms with E-state index in [1.54, 1.807) is 0 Å². The Bertz CT molecular complexity index is 354. The van der Waals surface area contributed by atoms with Crippen molar-refractivity contribution in [1.29, 1.82) is 0 Å². The van der Waals surface area contributed by atoms with E-state index in [2.05, 4.69) is 0 Å². The average Bonchev–Trinajstić information content (AvgIpc) is 3.06. The second kappa shape index (κ2) is 4.50. The maximum atomic E-state index is 13.3. The minimum Gasteiger partial charge on any atom is -0.392 e.